The van der Waals surface area contributed by atoms with Gasteiger partial charge < -0.3 is 18.9 Å². The lowest BCUT2D eigenvalue weighted by Crippen LogP contribution is -2.31. The van der Waals surface area contributed by atoms with E-state index < -0.39 is 16.0 Å². The van der Waals surface area contributed by atoms with Gasteiger partial charge in [0.15, 0.2) is 6.79 Å². The Morgan fingerprint density at radius 1 is 1.23 bits per heavy atom. The first kappa shape index (κ1) is 22.0. The number of hydrogen-bond donors (Lipinski definition) is 1. The standard InChI is InChI=1S/C21H22ClNO7S/c22-17-8-15-11-27-13-30-20(15)16(9-17)12-29-21(24)14-3-5-19(6-4-14)31(25,26)23-10-18-2-1-7-28-18/h3-6,8-9,18,23H,1-2,7,10-13H2. The molecule has 0 radical (unpaired) electrons. The van der Waals surface area contributed by atoms with Gasteiger partial charge in [-0.3, -0.25) is 0 Å². The van der Waals surface area contributed by atoms with Gasteiger partial charge in [-0.05, 0) is 49.2 Å². The molecule has 1 N–H and O–H groups in total. The molecule has 0 bridgehead atoms. The van der Waals surface area contributed by atoms with E-state index in [2.05, 4.69) is 4.72 Å². The van der Waals surface area contributed by atoms with E-state index in [9.17, 15) is 13.2 Å². The van der Waals surface area contributed by atoms with Crippen LogP contribution in [0.1, 0.15) is 34.3 Å². The summed E-state index contributed by atoms with van der Waals surface area (Å²) in [5.41, 5.74) is 1.66. The summed E-state index contributed by atoms with van der Waals surface area (Å²) in [5.74, 6) is 0.0132. The average Bonchev–Trinajstić information content (AvgIpc) is 3.30. The molecule has 1 saturated heterocycles. The molecule has 2 aromatic carbocycles. The zero-order chi connectivity index (χ0) is 21.8. The minimum atomic E-state index is -3.69. The fourth-order valence-electron chi connectivity index (χ4n) is 3.45. The Labute approximate surface area is 185 Å². The molecule has 0 amide bonds. The van der Waals surface area contributed by atoms with Crippen molar-refractivity contribution in [2.45, 2.75) is 37.1 Å². The number of esters is 1. The number of ether oxygens (including phenoxy) is 4. The van der Waals surface area contributed by atoms with Crippen LogP contribution in [-0.2, 0) is 37.4 Å². The maximum absolute atomic E-state index is 12.4. The van der Waals surface area contributed by atoms with Crippen molar-refractivity contribution in [3.8, 4) is 5.75 Å². The van der Waals surface area contributed by atoms with Gasteiger partial charge in [-0.1, -0.05) is 11.6 Å². The Kier molecular flexibility index (Phi) is 6.78. The van der Waals surface area contributed by atoms with Crippen molar-refractivity contribution in [1.82, 2.24) is 4.72 Å². The molecule has 2 aliphatic rings. The highest BCUT2D eigenvalue weighted by atomic mass is 35.5. The summed E-state index contributed by atoms with van der Waals surface area (Å²) >= 11 is 6.12. The summed E-state index contributed by atoms with van der Waals surface area (Å²) in [7, 11) is -3.69. The lowest BCUT2D eigenvalue weighted by atomic mass is 10.1. The van der Waals surface area contributed by atoms with Crippen molar-refractivity contribution in [1.29, 1.82) is 0 Å². The van der Waals surface area contributed by atoms with Crippen molar-refractivity contribution >= 4 is 27.6 Å². The number of hydrogen-bond acceptors (Lipinski definition) is 7. The third-order valence-corrected chi connectivity index (χ3v) is 6.69. The molecule has 31 heavy (non-hydrogen) atoms. The Bertz CT molecular complexity index is 1050. The number of nitrogens with one attached hydrogen (secondary N) is 1. The third kappa shape index (κ3) is 5.36. The van der Waals surface area contributed by atoms with Crippen LogP contribution in [0.4, 0.5) is 0 Å². The van der Waals surface area contributed by atoms with Crippen LogP contribution >= 0.6 is 11.6 Å². The topological polar surface area (TPSA) is 100 Å². The van der Waals surface area contributed by atoms with Gasteiger partial charge in [0.25, 0.3) is 0 Å². The molecule has 10 heteroatoms. The largest absolute Gasteiger partial charge is 0.467 e. The van der Waals surface area contributed by atoms with Crippen molar-refractivity contribution in [3.05, 3.63) is 58.1 Å². The van der Waals surface area contributed by atoms with E-state index in [0.29, 0.717) is 29.5 Å². The highest BCUT2D eigenvalue weighted by molar-refractivity contribution is 7.89. The highest BCUT2D eigenvalue weighted by Crippen LogP contribution is 2.32. The Balaban J connectivity index is 1.38. The second-order valence-corrected chi connectivity index (χ2v) is 9.45. The van der Waals surface area contributed by atoms with Crippen LogP contribution in [0.3, 0.4) is 0 Å². The maximum atomic E-state index is 12.4. The van der Waals surface area contributed by atoms with Gasteiger partial charge in [0, 0.05) is 29.3 Å². The number of fused-ring (bicyclic) bond motifs is 1. The first-order valence-electron chi connectivity index (χ1n) is 9.83. The Morgan fingerprint density at radius 2 is 2.03 bits per heavy atom. The molecule has 1 unspecified atom stereocenters. The molecule has 0 spiro atoms. The molecule has 2 aromatic rings. The predicted molar refractivity (Wildman–Crippen MR) is 111 cm³/mol. The van der Waals surface area contributed by atoms with Crippen molar-refractivity contribution in [3.63, 3.8) is 0 Å². The smallest absolute Gasteiger partial charge is 0.338 e. The second-order valence-electron chi connectivity index (χ2n) is 7.25. The van der Waals surface area contributed by atoms with Crippen LogP contribution < -0.4 is 9.46 Å². The zero-order valence-electron chi connectivity index (χ0n) is 16.6. The van der Waals surface area contributed by atoms with Gasteiger partial charge in [0.05, 0.1) is 23.2 Å². The molecule has 4 rings (SSSR count). The predicted octanol–water partition coefficient (Wildman–Crippen LogP) is 3.02. The maximum Gasteiger partial charge on any atom is 0.338 e. The molecule has 8 nitrogen and oxygen atoms in total. The normalized spacial score (nSPS) is 18.3. The van der Waals surface area contributed by atoms with Crippen LogP contribution in [0.15, 0.2) is 41.3 Å². The van der Waals surface area contributed by atoms with E-state index >= 15 is 0 Å². The van der Waals surface area contributed by atoms with Gasteiger partial charge in [-0.25, -0.2) is 17.9 Å². The molecule has 2 aliphatic heterocycles. The zero-order valence-corrected chi connectivity index (χ0v) is 18.2. The molecule has 0 saturated carbocycles. The minimum Gasteiger partial charge on any atom is -0.467 e. The van der Waals surface area contributed by atoms with Gasteiger partial charge in [0.2, 0.25) is 10.0 Å². The van der Waals surface area contributed by atoms with Crippen LogP contribution in [0.5, 0.6) is 5.75 Å². The summed E-state index contributed by atoms with van der Waals surface area (Å²) < 4.78 is 48.9. The summed E-state index contributed by atoms with van der Waals surface area (Å²) in [6.45, 7) is 1.33. The molecule has 1 atom stereocenters. The quantitative estimate of drug-likeness (QED) is 0.624. The SMILES string of the molecule is O=C(OCc1cc(Cl)cc2c1OCOC2)c1ccc(S(=O)(=O)NCC2CCCO2)cc1. The molecule has 166 valence electrons. The molecule has 1 fully saturated rings. The minimum absolute atomic E-state index is 0.0370. The van der Waals surface area contributed by atoms with Gasteiger partial charge in [0.1, 0.15) is 12.4 Å². The van der Waals surface area contributed by atoms with E-state index in [1.165, 1.54) is 24.3 Å². The Hall–Kier alpha value is -2.17. The van der Waals surface area contributed by atoms with Crippen LogP contribution in [-0.4, -0.2) is 40.4 Å². The molecular formula is C21H22ClNO7S. The van der Waals surface area contributed by atoms with E-state index in [1.807, 2.05) is 0 Å². The van der Waals surface area contributed by atoms with Crippen molar-refractivity contribution in [2.75, 3.05) is 19.9 Å². The fraction of sp³-hybridized carbons (Fsp3) is 0.381. The average molecular weight is 468 g/mol. The fourth-order valence-corrected chi connectivity index (χ4v) is 4.78. The van der Waals surface area contributed by atoms with Gasteiger partial charge in [-0.15, -0.1) is 0 Å². The first-order chi connectivity index (χ1) is 14.9. The third-order valence-electron chi connectivity index (χ3n) is 5.04. The molecule has 2 heterocycles. The van der Waals surface area contributed by atoms with Crippen LogP contribution in [0.25, 0.3) is 0 Å². The number of benzene rings is 2. The summed E-state index contributed by atoms with van der Waals surface area (Å²) in [6, 6.07) is 9.00. The monoisotopic (exact) mass is 467 g/mol. The van der Waals surface area contributed by atoms with Gasteiger partial charge in [-0.2, -0.15) is 0 Å². The lowest BCUT2D eigenvalue weighted by Gasteiger charge is -2.21. The van der Waals surface area contributed by atoms with Crippen molar-refractivity contribution in [2.24, 2.45) is 0 Å². The van der Waals surface area contributed by atoms with Crippen molar-refractivity contribution < 1.29 is 32.2 Å². The van der Waals surface area contributed by atoms with Crippen LogP contribution in [0.2, 0.25) is 5.02 Å². The van der Waals surface area contributed by atoms with E-state index in [-0.39, 0.29) is 36.5 Å². The van der Waals surface area contributed by atoms with E-state index in [4.69, 9.17) is 30.5 Å². The number of rotatable bonds is 7. The Morgan fingerprint density at radius 3 is 2.77 bits per heavy atom. The summed E-state index contributed by atoms with van der Waals surface area (Å²) in [4.78, 5) is 12.5. The number of halogens is 1. The van der Waals surface area contributed by atoms with E-state index in [1.54, 1.807) is 12.1 Å². The lowest BCUT2D eigenvalue weighted by molar-refractivity contribution is -0.0180. The van der Waals surface area contributed by atoms with Gasteiger partial charge >= 0.3 is 5.97 Å². The molecule has 0 aromatic heterocycles. The number of carbonyl (C=O) groups excluding carboxylic acids is 1. The van der Waals surface area contributed by atoms with E-state index in [0.717, 1.165) is 18.4 Å². The number of carbonyl (C=O) groups is 1. The summed E-state index contributed by atoms with van der Waals surface area (Å²) in [6.07, 6.45) is 1.67. The summed E-state index contributed by atoms with van der Waals surface area (Å²) in [5, 5.41) is 0.490. The second kappa shape index (κ2) is 9.54. The number of sulfonamides is 1. The molecule has 0 aliphatic carbocycles. The first-order valence-corrected chi connectivity index (χ1v) is 11.7. The highest BCUT2D eigenvalue weighted by Gasteiger charge is 2.21. The molecular weight excluding hydrogens is 446 g/mol. The van der Waals surface area contributed by atoms with Crippen LogP contribution in [0, 0.1) is 0 Å².